The fourth-order valence-electron chi connectivity index (χ4n) is 3.15. The number of hydrogen-bond donors (Lipinski definition) is 2. The second kappa shape index (κ2) is 5.96. The van der Waals surface area contributed by atoms with E-state index in [4.69, 9.17) is 0 Å². The predicted octanol–water partition coefficient (Wildman–Crippen LogP) is 2.81. The first-order valence-electron chi connectivity index (χ1n) is 7.54. The molecule has 3 nitrogen and oxygen atoms in total. The largest absolute Gasteiger partial charge is 0.349 e. The van der Waals surface area contributed by atoms with Crippen molar-refractivity contribution < 1.29 is 4.79 Å². The van der Waals surface area contributed by atoms with Gasteiger partial charge in [0, 0.05) is 6.54 Å². The minimum absolute atomic E-state index is 0.0555. The molecule has 1 aromatic carbocycles. The third-order valence-corrected chi connectivity index (χ3v) is 4.75. The zero-order valence-electron chi connectivity index (χ0n) is 13.0. The van der Waals surface area contributed by atoms with Crippen molar-refractivity contribution in [3.05, 3.63) is 35.4 Å². The van der Waals surface area contributed by atoms with Gasteiger partial charge in [0.1, 0.15) is 0 Å². The van der Waals surface area contributed by atoms with Crippen LogP contribution in [0.3, 0.4) is 0 Å². The van der Waals surface area contributed by atoms with Gasteiger partial charge in [-0.05, 0) is 43.9 Å². The number of carbonyl (C=O) groups excluding carboxylic acids is 1. The monoisotopic (exact) mass is 274 g/mol. The van der Waals surface area contributed by atoms with E-state index < -0.39 is 0 Å². The number of benzene rings is 1. The van der Waals surface area contributed by atoms with Crippen LogP contribution >= 0.6 is 0 Å². The van der Waals surface area contributed by atoms with Crippen molar-refractivity contribution in [1.29, 1.82) is 0 Å². The van der Waals surface area contributed by atoms with E-state index in [0.717, 1.165) is 19.5 Å². The molecule has 1 amide bonds. The molecule has 1 aromatic rings. The van der Waals surface area contributed by atoms with E-state index in [1.165, 1.54) is 11.1 Å². The SMILES string of the molecule is Cc1ccccc1C(C)NC(=O)C1(C(C)C)CCNC1. The summed E-state index contributed by atoms with van der Waals surface area (Å²) in [5, 5.41) is 6.56. The van der Waals surface area contributed by atoms with Gasteiger partial charge in [0.25, 0.3) is 0 Å². The van der Waals surface area contributed by atoms with E-state index >= 15 is 0 Å². The summed E-state index contributed by atoms with van der Waals surface area (Å²) in [6.45, 7) is 10.2. The first kappa shape index (κ1) is 15.0. The van der Waals surface area contributed by atoms with Crippen molar-refractivity contribution in [2.24, 2.45) is 11.3 Å². The second-order valence-corrected chi connectivity index (χ2v) is 6.29. The molecule has 0 aromatic heterocycles. The lowest BCUT2D eigenvalue weighted by Gasteiger charge is -2.32. The quantitative estimate of drug-likeness (QED) is 0.886. The Balaban J connectivity index is 2.13. The summed E-state index contributed by atoms with van der Waals surface area (Å²) in [6, 6.07) is 8.30. The summed E-state index contributed by atoms with van der Waals surface area (Å²) >= 11 is 0. The highest BCUT2D eigenvalue weighted by Gasteiger charge is 2.44. The Kier molecular flexibility index (Phi) is 4.48. The van der Waals surface area contributed by atoms with Gasteiger partial charge >= 0.3 is 0 Å². The van der Waals surface area contributed by atoms with Crippen molar-refractivity contribution in [2.45, 2.75) is 40.2 Å². The standard InChI is InChI=1S/C17H26N2O/c1-12(2)17(9-10-18-11-17)16(20)19-14(4)15-8-6-5-7-13(15)3/h5-8,12,14,18H,9-11H2,1-4H3,(H,19,20). The summed E-state index contributed by atoms with van der Waals surface area (Å²) in [7, 11) is 0. The summed E-state index contributed by atoms with van der Waals surface area (Å²) in [5.74, 6) is 0.537. The lowest BCUT2D eigenvalue weighted by molar-refractivity contribution is -0.133. The average Bonchev–Trinajstić information content (AvgIpc) is 2.89. The average molecular weight is 274 g/mol. The zero-order valence-corrected chi connectivity index (χ0v) is 13.0. The maximum Gasteiger partial charge on any atom is 0.228 e. The van der Waals surface area contributed by atoms with Crippen molar-refractivity contribution in [3.63, 3.8) is 0 Å². The molecule has 2 atom stereocenters. The fourth-order valence-corrected chi connectivity index (χ4v) is 3.15. The molecule has 1 heterocycles. The molecule has 110 valence electrons. The molecule has 2 N–H and O–H groups in total. The molecule has 0 saturated carbocycles. The lowest BCUT2D eigenvalue weighted by atomic mass is 9.75. The van der Waals surface area contributed by atoms with Crippen LogP contribution in [0.4, 0.5) is 0 Å². The number of carbonyl (C=O) groups is 1. The van der Waals surface area contributed by atoms with Crippen LogP contribution in [0.25, 0.3) is 0 Å². The van der Waals surface area contributed by atoms with Crippen LogP contribution in [0.15, 0.2) is 24.3 Å². The summed E-state index contributed by atoms with van der Waals surface area (Å²) in [6.07, 6.45) is 0.928. The van der Waals surface area contributed by atoms with Crippen molar-refractivity contribution in [3.8, 4) is 0 Å². The molecule has 0 aliphatic carbocycles. The minimum atomic E-state index is -0.253. The van der Waals surface area contributed by atoms with Gasteiger partial charge in [-0.25, -0.2) is 0 Å². The molecular weight excluding hydrogens is 248 g/mol. The molecule has 2 unspecified atom stereocenters. The Labute approximate surface area is 122 Å². The molecule has 2 rings (SSSR count). The Hall–Kier alpha value is -1.35. The van der Waals surface area contributed by atoms with Gasteiger partial charge in [0.05, 0.1) is 11.5 Å². The summed E-state index contributed by atoms with van der Waals surface area (Å²) < 4.78 is 0. The number of rotatable bonds is 4. The molecule has 1 aliphatic rings. The van der Waals surface area contributed by atoms with Gasteiger partial charge in [-0.3, -0.25) is 4.79 Å². The first-order valence-corrected chi connectivity index (χ1v) is 7.54. The van der Waals surface area contributed by atoms with E-state index in [2.05, 4.69) is 50.5 Å². The molecule has 1 saturated heterocycles. The highest BCUT2D eigenvalue weighted by Crippen LogP contribution is 2.35. The van der Waals surface area contributed by atoms with Gasteiger partial charge in [-0.1, -0.05) is 38.1 Å². The van der Waals surface area contributed by atoms with Crippen LogP contribution in [0.2, 0.25) is 0 Å². The lowest BCUT2D eigenvalue weighted by Crippen LogP contribution is -2.46. The van der Waals surface area contributed by atoms with Crippen LogP contribution < -0.4 is 10.6 Å². The topological polar surface area (TPSA) is 41.1 Å². The molecule has 20 heavy (non-hydrogen) atoms. The predicted molar refractivity (Wildman–Crippen MR) is 82.5 cm³/mol. The summed E-state index contributed by atoms with van der Waals surface area (Å²) in [5.41, 5.74) is 2.17. The normalized spacial score (nSPS) is 23.9. The Morgan fingerprint density at radius 3 is 2.55 bits per heavy atom. The van der Waals surface area contributed by atoms with Crippen LogP contribution in [0.5, 0.6) is 0 Å². The van der Waals surface area contributed by atoms with Crippen LogP contribution in [0.1, 0.15) is 44.4 Å². The smallest absolute Gasteiger partial charge is 0.228 e. The molecule has 0 spiro atoms. The van der Waals surface area contributed by atoms with Crippen LogP contribution in [0, 0.1) is 18.3 Å². The zero-order chi connectivity index (χ0) is 14.8. The summed E-state index contributed by atoms with van der Waals surface area (Å²) in [4.78, 5) is 12.8. The molecule has 1 aliphatic heterocycles. The Morgan fingerprint density at radius 2 is 2.00 bits per heavy atom. The molecule has 0 radical (unpaired) electrons. The number of amides is 1. The van der Waals surface area contributed by atoms with Crippen LogP contribution in [-0.2, 0) is 4.79 Å². The maximum absolute atomic E-state index is 12.8. The molecule has 3 heteroatoms. The fraction of sp³-hybridized carbons (Fsp3) is 0.588. The third-order valence-electron chi connectivity index (χ3n) is 4.75. The van der Waals surface area contributed by atoms with Gasteiger partial charge in [-0.15, -0.1) is 0 Å². The van der Waals surface area contributed by atoms with E-state index in [9.17, 15) is 4.79 Å². The minimum Gasteiger partial charge on any atom is -0.349 e. The Morgan fingerprint density at radius 1 is 1.30 bits per heavy atom. The molecular formula is C17H26N2O. The van der Waals surface area contributed by atoms with Gasteiger partial charge < -0.3 is 10.6 Å². The second-order valence-electron chi connectivity index (χ2n) is 6.29. The maximum atomic E-state index is 12.8. The highest BCUT2D eigenvalue weighted by molar-refractivity contribution is 5.84. The van der Waals surface area contributed by atoms with Crippen molar-refractivity contribution in [1.82, 2.24) is 10.6 Å². The van der Waals surface area contributed by atoms with Crippen molar-refractivity contribution in [2.75, 3.05) is 13.1 Å². The van der Waals surface area contributed by atoms with Gasteiger partial charge in [-0.2, -0.15) is 0 Å². The Bertz CT molecular complexity index is 476. The first-order chi connectivity index (χ1) is 9.47. The number of aryl methyl sites for hydroxylation is 1. The van der Waals surface area contributed by atoms with Crippen molar-refractivity contribution >= 4 is 5.91 Å². The van der Waals surface area contributed by atoms with E-state index in [1.807, 2.05) is 12.1 Å². The van der Waals surface area contributed by atoms with Crippen LogP contribution in [-0.4, -0.2) is 19.0 Å². The van der Waals surface area contributed by atoms with E-state index in [-0.39, 0.29) is 17.4 Å². The number of nitrogens with one attached hydrogen (secondary N) is 2. The van der Waals surface area contributed by atoms with E-state index in [1.54, 1.807) is 0 Å². The molecule has 1 fully saturated rings. The van der Waals surface area contributed by atoms with E-state index in [0.29, 0.717) is 5.92 Å². The molecule has 0 bridgehead atoms. The third kappa shape index (κ3) is 2.73. The van der Waals surface area contributed by atoms with Gasteiger partial charge in [0.2, 0.25) is 5.91 Å². The highest BCUT2D eigenvalue weighted by atomic mass is 16.2. The number of hydrogen-bond acceptors (Lipinski definition) is 2. The van der Waals surface area contributed by atoms with Gasteiger partial charge in [0.15, 0.2) is 0 Å².